The van der Waals surface area contributed by atoms with E-state index in [1.807, 2.05) is 37.4 Å². The Balaban J connectivity index is 1.35. The molecule has 30 heavy (non-hydrogen) atoms. The minimum Gasteiger partial charge on any atom is -0.459 e. The van der Waals surface area contributed by atoms with Crippen molar-refractivity contribution in [3.63, 3.8) is 0 Å². The molecular weight excluding hydrogens is 403 g/mol. The molecule has 6 nitrogen and oxygen atoms in total. The first-order chi connectivity index (χ1) is 14.5. The molecule has 4 rings (SSSR count). The van der Waals surface area contributed by atoms with Crippen LogP contribution in [0.1, 0.15) is 39.1 Å². The molecule has 0 saturated carbocycles. The molecule has 0 fully saturated rings. The van der Waals surface area contributed by atoms with Gasteiger partial charge in [0.15, 0.2) is 0 Å². The first-order valence-electron chi connectivity index (χ1n) is 9.53. The molecule has 1 atom stereocenters. The molecule has 0 radical (unpaired) electrons. The summed E-state index contributed by atoms with van der Waals surface area (Å²) < 4.78 is 18.9. The van der Waals surface area contributed by atoms with E-state index in [9.17, 15) is 9.18 Å². The number of carbonyl (C=O) groups excluding carboxylic acids is 1. The molecule has 8 heteroatoms. The number of rotatable bonds is 7. The van der Waals surface area contributed by atoms with Gasteiger partial charge >= 0.3 is 0 Å². The zero-order chi connectivity index (χ0) is 21.1. The Bertz CT molecular complexity index is 1120. The number of amides is 1. The van der Waals surface area contributed by atoms with E-state index >= 15 is 0 Å². The molecule has 1 N–H and O–H groups in total. The molecule has 2 aromatic heterocycles. The quantitative estimate of drug-likeness (QED) is 0.471. The highest BCUT2D eigenvalue weighted by atomic mass is 32.1. The molecule has 0 aliphatic rings. The van der Waals surface area contributed by atoms with Crippen molar-refractivity contribution in [3.05, 3.63) is 81.8 Å². The number of aromatic nitrogens is 2. The van der Waals surface area contributed by atoms with Crippen LogP contribution in [0, 0.1) is 5.82 Å². The van der Waals surface area contributed by atoms with E-state index in [1.54, 1.807) is 12.1 Å². The number of nitrogens with one attached hydrogen (secondary N) is 1. The molecule has 4 aromatic rings. The third-order valence-corrected chi connectivity index (χ3v) is 5.84. The highest BCUT2D eigenvalue weighted by Gasteiger charge is 2.19. The molecule has 0 aliphatic carbocycles. The minimum atomic E-state index is -0.306. The second-order valence-corrected chi connectivity index (χ2v) is 8.15. The highest BCUT2D eigenvalue weighted by Crippen LogP contribution is 2.27. The van der Waals surface area contributed by atoms with E-state index in [1.165, 1.54) is 23.5 Å². The lowest BCUT2D eigenvalue weighted by molar-refractivity contribution is 0.0950. The normalized spacial score (nSPS) is 12.4. The van der Waals surface area contributed by atoms with E-state index in [4.69, 9.17) is 4.42 Å². The van der Waals surface area contributed by atoms with E-state index in [0.717, 1.165) is 27.3 Å². The zero-order valence-corrected chi connectivity index (χ0v) is 17.4. The average molecular weight is 425 g/mol. The van der Waals surface area contributed by atoms with Crippen LogP contribution in [0.25, 0.3) is 11.0 Å². The maximum absolute atomic E-state index is 13.0. The van der Waals surface area contributed by atoms with Gasteiger partial charge < -0.3 is 9.73 Å². The van der Waals surface area contributed by atoms with E-state index < -0.39 is 0 Å². The molecule has 0 spiro atoms. The number of hydrogen-bond acceptors (Lipinski definition) is 6. The number of furan rings is 1. The van der Waals surface area contributed by atoms with Gasteiger partial charge in [-0.25, -0.2) is 4.39 Å². The fraction of sp³-hybridized carbons (Fsp3) is 0.227. The molecule has 1 unspecified atom stereocenters. The summed E-state index contributed by atoms with van der Waals surface area (Å²) in [6.45, 7) is 2.91. The fourth-order valence-corrected chi connectivity index (χ4v) is 3.86. The van der Waals surface area contributed by atoms with Gasteiger partial charge in [0.1, 0.15) is 22.2 Å². The Labute approximate surface area is 177 Å². The van der Waals surface area contributed by atoms with Crippen LogP contribution in [0.4, 0.5) is 4.39 Å². The monoisotopic (exact) mass is 424 g/mol. The van der Waals surface area contributed by atoms with Gasteiger partial charge in [-0.15, -0.1) is 10.2 Å². The lowest BCUT2D eigenvalue weighted by Crippen LogP contribution is -2.22. The largest absolute Gasteiger partial charge is 0.459 e. The van der Waals surface area contributed by atoms with Crippen molar-refractivity contribution in [1.82, 2.24) is 20.4 Å². The summed E-state index contributed by atoms with van der Waals surface area (Å²) in [5.74, 6) is 0.274. The van der Waals surface area contributed by atoms with Crippen molar-refractivity contribution in [2.75, 3.05) is 7.05 Å². The Kier molecular flexibility index (Phi) is 5.87. The Morgan fingerprint density at radius 1 is 1.20 bits per heavy atom. The molecule has 0 bridgehead atoms. The van der Waals surface area contributed by atoms with Gasteiger partial charge in [0.25, 0.3) is 5.91 Å². The number of fused-ring (bicyclic) bond motifs is 1. The summed E-state index contributed by atoms with van der Waals surface area (Å²) in [5, 5.41) is 13.1. The van der Waals surface area contributed by atoms with Crippen LogP contribution in [0.5, 0.6) is 0 Å². The number of halogens is 1. The Morgan fingerprint density at radius 2 is 1.97 bits per heavy atom. The first-order valence-corrected chi connectivity index (χ1v) is 10.3. The van der Waals surface area contributed by atoms with Crippen LogP contribution in [0.15, 0.2) is 59.0 Å². The van der Waals surface area contributed by atoms with Crippen LogP contribution < -0.4 is 5.32 Å². The van der Waals surface area contributed by atoms with Crippen LogP contribution in [0.3, 0.4) is 0 Å². The van der Waals surface area contributed by atoms with Crippen molar-refractivity contribution in [2.24, 2.45) is 0 Å². The molecule has 2 aromatic carbocycles. The van der Waals surface area contributed by atoms with Crippen molar-refractivity contribution < 1.29 is 13.6 Å². The van der Waals surface area contributed by atoms with Crippen LogP contribution >= 0.6 is 11.3 Å². The predicted octanol–water partition coefficient (Wildman–Crippen LogP) is 4.55. The van der Waals surface area contributed by atoms with Crippen molar-refractivity contribution in [2.45, 2.75) is 26.1 Å². The van der Waals surface area contributed by atoms with Crippen molar-refractivity contribution in [1.29, 1.82) is 0 Å². The number of carbonyl (C=O) groups is 1. The van der Waals surface area contributed by atoms with Gasteiger partial charge in [-0.1, -0.05) is 41.7 Å². The van der Waals surface area contributed by atoms with Crippen LogP contribution in [-0.2, 0) is 13.1 Å². The number of para-hydroxylation sites is 1. The second-order valence-electron chi connectivity index (χ2n) is 7.09. The number of nitrogens with zero attached hydrogens (tertiary/aromatic N) is 3. The maximum atomic E-state index is 13.0. The van der Waals surface area contributed by atoms with Crippen molar-refractivity contribution in [3.8, 4) is 0 Å². The van der Waals surface area contributed by atoms with Gasteiger partial charge in [0.2, 0.25) is 5.01 Å². The minimum absolute atomic E-state index is 0.0389. The molecule has 2 heterocycles. The Hall–Kier alpha value is -3.10. The number of benzene rings is 2. The van der Waals surface area contributed by atoms with E-state index in [0.29, 0.717) is 18.1 Å². The van der Waals surface area contributed by atoms with Gasteiger partial charge in [-0.2, -0.15) is 0 Å². The standard InChI is InChI=1S/C22H21FN4O2S/c1-14(19-11-16-5-3-4-6-18(16)29-19)27(2)13-20-25-26-22(30-20)21(28)24-12-15-7-9-17(23)10-8-15/h3-11,14H,12-13H2,1-2H3,(H,24,28). The lowest BCUT2D eigenvalue weighted by atomic mass is 10.2. The molecular formula is C22H21FN4O2S. The van der Waals surface area contributed by atoms with Gasteiger partial charge in [-0.05, 0) is 43.8 Å². The Morgan fingerprint density at radius 3 is 2.73 bits per heavy atom. The average Bonchev–Trinajstić information content (AvgIpc) is 3.39. The summed E-state index contributed by atoms with van der Waals surface area (Å²) >= 11 is 1.26. The second kappa shape index (κ2) is 8.73. The molecule has 154 valence electrons. The molecule has 1 amide bonds. The predicted molar refractivity (Wildman–Crippen MR) is 114 cm³/mol. The zero-order valence-electron chi connectivity index (χ0n) is 16.6. The van der Waals surface area contributed by atoms with Gasteiger partial charge in [0, 0.05) is 11.9 Å². The third kappa shape index (κ3) is 4.55. The molecule has 0 saturated heterocycles. The summed E-state index contributed by atoms with van der Waals surface area (Å²) in [6.07, 6.45) is 0. The van der Waals surface area contributed by atoms with Gasteiger partial charge in [0.05, 0.1) is 12.6 Å². The fourth-order valence-electron chi connectivity index (χ4n) is 3.05. The van der Waals surface area contributed by atoms with E-state index in [-0.39, 0.29) is 17.8 Å². The van der Waals surface area contributed by atoms with Gasteiger partial charge in [-0.3, -0.25) is 9.69 Å². The summed E-state index contributed by atoms with van der Waals surface area (Å²) in [7, 11) is 1.98. The van der Waals surface area contributed by atoms with Crippen LogP contribution in [-0.4, -0.2) is 28.1 Å². The summed E-state index contributed by atoms with van der Waals surface area (Å²) in [5.41, 5.74) is 1.68. The van der Waals surface area contributed by atoms with E-state index in [2.05, 4.69) is 27.3 Å². The van der Waals surface area contributed by atoms with Crippen LogP contribution in [0.2, 0.25) is 0 Å². The van der Waals surface area contributed by atoms with Crippen molar-refractivity contribution >= 4 is 28.2 Å². The number of hydrogen-bond donors (Lipinski definition) is 1. The SMILES string of the molecule is CC(c1cc2ccccc2o1)N(C)Cc1nnc(C(=O)NCc2ccc(F)cc2)s1. The first kappa shape index (κ1) is 20.2. The summed E-state index contributed by atoms with van der Waals surface area (Å²) in [4.78, 5) is 14.4. The third-order valence-electron chi connectivity index (χ3n) is 4.93. The lowest BCUT2D eigenvalue weighted by Gasteiger charge is -2.21. The maximum Gasteiger partial charge on any atom is 0.282 e. The highest BCUT2D eigenvalue weighted by molar-refractivity contribution is 7.13. The topological polar surface area (TPSA) is 71.3 Å². The smallest absolute Gasteiger partial charge is 0.282 e. The summed E-state index contributed by atoms with van der Waals surface area (Å²) in [6, 6.07) is 16.0. The molecule has 0 aliphatic heterocycles.